The molecule has 1 amide bonds. The zero-order chi connectivity index (χ0) is 15.1. The summed E-state index contributed by atoms with van der Waals surface area (Å²) in [5, 5.41) is 2.77. The number of ether oxygens (including phenoxy) is 1. The van der Waals surface area contributed by atoms with Crippen LogP contribution in [-0.2, 0) is 11.2 Å². The molecule has 0 aliphatic rings. The van der Waals surface area contributed by atoms with Gasteiger partial charge in [0.05, 0.1) is 0 Å². The molecule has 0 saturated carbocycles. The van der Waals surface area contributed by atoms with Gasteiger partial charge in [0, 0.05) is 6.54 Å². The highest BCUT2D eigenvalue weighted by molar-refractivity contribution is 5.77. The van der Waals surface area contributed by atoms with Crippen molar-refractivity contribution in [3.63, 3.8) is 0 Å². The molecule has 0 radical (unpaired) electrons. The van der Waals surface area contributed by atoms with E-state index in [1.807, 2.05) is 31.2 Å². The van der Waals surface area contributed by atoms with Crippen LogP contribution in [0.4, 0.5) is 4.39 Å². The first-order chi connectivity index (χ1) is 10.1. The molecule has 0 atom stereocenters. The van der Waals surface area contributed by atoms with Gasteiger partial charge in [-0.2, -0.15) is 0 Å². The van der Waals surface area contributed by atoms with Crippen LogP contribution >= 0.6 is 0 Å². The van der Waals surface area contributed by atoms with Crippen molar-refractivity contribution in [1.82, 2.24) is 5.32 Å². The molecule has 2 rings (SSSR count). The van der Waals surface area contributed by atoms with Gasteiger partial charge in [-0.25, -0.2) is 4.39 Å². The Morgan fingerprint density at radius 1 is 1.10 bits per heavy atom. The van der Waals surface area contributed by atoms with Gasteiger partial charge in [-0.15, -0.1) is 0 Å². The molecule has 0 saturated heterocycles. The molecule has 3 nitrogen and oxygen atoms in total. The molecular weight excluding hydrogens is 269 g/mol. The minimum absolute atomic E-state index is 0.00746. The summed E-state index contributed by atoms with van der Waals surface area (Å²) in [5.74, 6) is 0.251. The van der Waals surface area contributed by atoms with Crippen molar-refractivity contribution < 1.29 is 13.9 Å². The highest BCUT2D eigenvalue weighted by atomic mass is 19.1. The largest absolute Gasteiger partial charge is 0.484 e. The first-order valence-corrected chi connectivity index (χ1v) is 6.84. The van der Waals surface area contributed by atoms with Crippen LogP contribution in [0, 0.1) is 12.7 Å². The minimum atomic E-state index is -0.255. The van der Waals surface area contributed by atoms with Crippen molar-refractivity contribution in [2.24, 2.45) is 0 Å². The van der Waals surface area contributed by atoms with Gasteiger partial charge >= 0.3 is 0 Å². The number of hydrogen-bond donors (Lipinski definition) is 1. The van der Waals surface area contributed by atoms with Gasteiger partial charge in [0.1, 0.15) is 11.6 Å². The minimum Gasteiger partial charge on any atom is -0.484 e. The number of amides is 1. The number of nitrogens with one attached hydrogen (secondary N) is 1. The molecule has 0 spiro atoms. The molecule has 2 aromatic rings. The third-order valence-electron chi connectivity index (χ3n) is 3.04. The lowest BCUT2D eigenvalue weighted by Gasteiger charge is -2.08. The molecule has 2 aromatic carbocycles. The first kappa shape index (κ1) is 15.0. The normalized spacial score (nSPS) is 10.2. The number of carbonyl (C=O) groups is 1. The Bertz CT molecular complexity index is 579. The summed E-state index contributed by atoms with van der Waals surface area (Å²) in [7, 11) is 0. The Balaban J connectivity index is 1.67. The molecule has 0 aliphatic carbocycles. The summed E-state index contributed by atoms with van der Waals surface area (Å²) in [6, 6.07) is 13.8. The first-order valence-electron chi connectivity index (χ1n) is 6.84. The molecule has 0 heterocycles. The van der Waals surface area contributed by atoms with E-state index in [1.165, 1.54) is 12.1 Å². The van der Waals surface area contributed by atoms with Crippen molar-refractivity contribution in [3.8, 4) is 5.75 Å². The maximum absolute atomic E-state index is 12.7. The molecule has 0 aliphatic heterocycles. The van der Waals surface area contributed by atoms with Crippen LogP contribution in [0.15, 0.2) is 48.5 Å². The van der Waals surface area contributed by atoms with E-state index in [2.05, 4.69) is 5.32 Å². The summed E-state index contributed by atoms with van der Waals surface area (Å²) in [6.07, 6.45) is 0.663. The van der Waals surface area contributed by atoms with E-state index in [4.69, 9.17) is 4.74 Å². The number of halogens is 1. The van der Waals surface area contributed by atoms with E-state index >= 15 is 0 Å². The molecule has 110 valence electrons. The van der Waals surface area contributed by atoms with Crippen LogP contribution in [-0.4, -0.2) is 19.1 Å². The quantitative estimate of drug-likeness (QED) is 0.887. The fourth-order valence-corrected chi connectivity index (χ4v) is 1.83. The molecule has 0 unspecified atom stereocenters. The van der Waals surface area contributed by atoms with Gasteiger partial charge in [-0.1, -0.05) is 29.8 Å². The van der Waals surface area contributed by atoms with E-state index < -0.39 is 0 Å². The fourth-order valence-electron chi connectivity index (χ4n) is 1.83. The van der Waals surface area contributed by atoms with Crippen molar-refractivity contribution in [2.45, 2.75) is 13.3 Å². The predicted molar refractivity (Wildman–Crippen MR) is 79.8 cm³/mol. The van der Waals surface area contributed by atoms with E-state index in [1.54, 1.807) is 12.1 Å². The maximum atomic E-state index is 12.7. The highest BCUT2D eigenvalue weighted by Gasteiger charge is 2.02. The lowest BCUT2D eigenvalue weighted by Crippen LogP contribution is -2.30. The van der Waals surface area contributed by atoms with E-state index in [-0.39, 0.29) is 18.3 Å². The number of rotatable bonds is 6. The number of hydrogen-bond acceptors (Lipinski definition) is 2. The van der Waals surface area contributed by atoms with Crippen LogP contribution in [0.5, 0.6) is 5.75 Å². The average Bonchev–Trinajstić information content (AvgIpc) is 2.49. The Kier molecular flexibility index (Phi) is 5.32. The van der Waals surface area contributed by atoms with E-state index in [0.717, 1.165) is 11.1 Å². The summed E-state index contributed by atoms with van der Waals surface area (Å²) in [5.41, 5.74) is 2.13. The van der Waals surface area contributed by atoms with Crippen molar-refractivity contribution in [3.05, 3.63) is 65.5 Å². The Morgan fingerprint density at radius 3 is 2.43 bits per heavy atom. The summed E-state index contributed by atoms with van der Waals surface area (Å²) in [4.78, 5) is 11.6. The van der Waals surface area contributed by atoms with Crippen LogP contribution < -0.4 is 10.1 Å². The molecule has 1 N–H and O–H groups in total. The van der Waals surface area contributed by atoms with E-state index in [0.29, 0.717) is 18.7 Å². The number of carbonyl (C=O) groups excluding carboxylic acids is 1. The van der Waals surface area contributed by atoms with E-state index in [9.17, 15) is 9.18 Å². The molecule has 0 aromatic heterocycles. The van der Waals surface area contributed by atoms with Crippen LogP contribution in [0.2, 0.25) is 0 Å². The van der Waals surface area contributed by atoms with Crippen molar-refractivity contribution >= 4 is 5.91 Å². The summed E-state index contributed by atoms with van der Waals surface area (Å²) in [6.45, 7) is 2.49. The molecule has 0 fully saturated rings. The number of aryl methyl sites for hydroxylation is 1. The number of benzene rings is 2. The Labute approximate surface area is 123 Å². The van der Waals surface area contributed by atoms with Gasteiger partial charge in [-0.3, -0.25) is 4.79 Å². The fraction of sp³-hybridized carbons (Fsp3) is 0.235. The highest BCUT2D eigenvalue weighted by Crippen LogP contribution is 2.10. The lowest BCUT2D eigenvalue weighted by molar-refractivity contribution is -0.123. The molecule has 21 heavy (non-hydrogen) atoms. The lowest BCUT2D eigenvalue weighted by atomic mass is 10.1. The molecule has 4 heteroatoms. The molecule has 0 bridgehead atoms. The zero-order valence-electron chi connectivity index (χ0n) is 11.9. The summed E-state index contributed by atoms with van der Waals surface area (Å²) < 4.78 is 18.1. The van der Waals surface area contributed by atoms with Gasteiger partial charge in [-0.05, 0) is 43.2 Å². The second-order valence-electron chi connectivity index (χ2n) is 4.83. The van der Waals surface area contributed by atoms with Crippen LogP contribution in [0.3, 0.4) is 0 Å². The SMILES string of the molecule is Cc1ccc(OCC(=O)NCCc2ccc(F)cc2)cc1. The topological polar surface area (TPSA) is 38.3 Å². The average molecular weight is 287 g/mol. The monoisotopic (exact) mass is 287 g/mol. The summed E-state index contributed by atoms with van der Waals surface area (Å²) >= 11 is 0. The third kappa shape index (κ3) is 5.26. The smallest absolute Gasteiger partial charge is 0.257 e. The van der Waals surface area contributed by atoms with Gasteiger partial charge in [0.25, 0.3) is 5.91 Å². The van der Waals surface area contributed by atoms with Gasteiger partial charge in [0.2, 0.25) is 0 Å². The third-order valence-corrected chi connectivity index (χ3v) is 3.04. The maximum Gasteiger partial charge on any atom is 0.257 e. The standard InChI is InChI=1S/C17H18FNO2/c1-13-2-8-16(9-3-13)21-12-17(20)19-11-10-14-4-6-15(18)7-5-14/h2-9H,10-12H2,1H3,(H,19,20). The van der Waals surface area contributed by atoms with Gasteiger partial charge < -0.3 is 10.1 Å². The second kappa shape index (κ2) is 7.43. The second-order valence-corrected chi connectivity index (χ2v) is 4.83. The van der Waals surface area contributed by atoms with Gasteiger partial charge in [0.15, 0.2) is 6.61 Å². The Morgan fingerprint density at radius 2 is 1.76 bits per heavy atom. The van der Waals surface area contributed by atoms with Crippen LogP contribution in [0.1, 0.15) is 11.1 Å². The Hall–Kier alpha value is -2.36. The van der Waals surface area contributed by atoms with Crippen molar-refractivity contribution in [2.75, 3.05) is 13.2 Å². The molecular formula is C17H18FNO2. The van der Waals surface area contributed by atoms with Crippen molar-refractivity contribution in [1.29, 1.82) is 0 Å². The zero-order valence-corrected chi connectivity index (χ0v) is 11.9. The van der Waals surface area contributed by atoms with Crippen LogP contribution in [0.25, 0.3) is 0 Å². The predicted octanol–water partition coefficient (Wildman–Crippen LogP) is 2.87.